The van der Waals surface area contributed by atoms with Crippen molar-refractivity contribution in [3.63, 3.8) is 0 Å². The van der Waals surface area contributed by atoms with E-state index < -0.39 is 0 Å². The van der Waals surface area contributed by atoms with Gasteiger partial charge in [0.25, 0.3) is 11.8 Å². The SMILES string of the molecule is COc1cc(-c2cc(OC)c3c(n2)CN(c2cnn(CC#N)c2)C3=O)cnc1OC. The van der Waals surface area contributed by atoms with Crippen molar-refractivity contribution >= 4 is 11.6 Å². The molecule has 0 atom stereocenters. The summed E-state index contributed by atoms with van der Waals surface area (Å²) in [6.07, 6.45) is 4.82. The van der Waals surface area contributed by atoms with Crippen LogP contribution < -0.4 is 19.1 Å². The third kappa shape index (κ3) is 3.16. The fraction of sp³-hybridized carbons (Fsp3) is 0.250. The van der Waals surface area contributed by atoms with Crippen LogP contribution in [0.2, 0.25) is 0 Å². The number of amides is 1. The van der Waals surface area contributed by atoms with Crippen molar-refractivity contribution in [2.24, 2.45) is 0 Å². The number of pyridine rings is 2. The number of ether oxygens (including phenoxy) is 3. The lowest BCUT2D eigenvalue weighted by atomic mass is 10.1. The summed E-state index contributed by atoms with van der Waals surface area (Å²) < 4.78 is 17.5. The van der Waals surface area contributed by atoms with E-state index in [1.54, 1.807) is 35.6 Å². The first-order chi connectivity index (χ1) is 14.6. The molecule has 3 aromatic rings. The van der Waals surface area contributed by atoms with Crippen LogP contribution in [-0.2, 0) is 13.1 Å². The second kappa shape index (κ2) is 7.71. The first-order valence-electron chi connectivity index (χ1n) is 8.97. The number of fused-ring (bicyclic) bond motifs is 1. The molecule has 0 spiro atoms. The van der Waals surface area contributed by atoms with E-state index in [2.05, 4.69) is 15.1 Å². The second-order valence-corrected chi connectivity index (χ2v) is 6.41. The van der Waals surface area contributed by atoms with Gasteiger partial charge in [-0.15, -0.1) is 0 Å². The molecule has 0 bridgehead atoms. The normalized spacial score (nSPS) is 12.5. The number of anilines is 1. The van der Waals surface area contributed by atoms with Crippen LogP contribution >= 0.6 is 0 Å². The van der Waals surface area contributed by atoms with Gasteiger partial charge < -0.3 is 14.2 Å². The molecule has 1 amide bonds. The molecule has 0 saturated heterocycles. The Labute approximate surface area is 172 Å². The summed E-state index contributed by atoms with van der Waals surface area (Å²) in [5.41, 5.74) is 2.86. The number of carbonyl (C=O) groups excluding carboxylic acids is 1. The smallest absolute Gasteiger partial charge is 0.264 e. The third-order valence-electron chi connectivity index (χ3n) is 4.74. The Morgan fingerprint density at radius 3 is 2.63 bits per heavy atom. The highest BCUT2D eigenvalue weighted by Crippen LogP contribution is 2.37. The Morgan fingerprint density at radius 2 is 1.93 bits per heavy atom. The van der Waals surface area contributed by atoms with E-state index in [9.17, 15) is 4.79 Å². The highest BCUT2D eigenvalue weighted by atomic mass is 16.5. The lowest BCUT2D eigenvalue weighted by Crippen LogP contribution is -2.22. The summed E-state index contributed by atoms with van der Waals surface area (Å²) in [6.45, 7) is 0.365. The van der Waals surface area contributed by atoms with Gasteiger partial charge in [0.2, 0.25) is 0 Å². The Bertz CT molecular complexity index is 1170. The average molecular weight is 406 g/mol. The third-order valence-corrected chi connectivity index (χ3v) is 4.74. The average Bonchev–Trinajstić information content (AvgIpc) is 3.37. The van der Waals surface area contributed by atoms with E-state index in [1.807, 2.05) is 6.07 Å². The van der Waals surface area contributed by atoms with Crippen LogP contribution in [0.1, 0.15) is 16.1 Å². The molecule has 1 aliphatic rings. The number of nitriles is 1. The molecule has 0 aromatic carbocycles. The number of hydrogen-bond donors (Lipinski definition) is 0. The van der Waals surface area contributed by atoms with Crippen LogP contribution in [0.3, 0.4) is 0 Å². The van der Waals surface area contributed by atoms with Crippen molar-refractivity contribution in [2.45, 2.75) is 13.1 Å². The van der Waals surface area contributed by atoms with Gasteiger partial charge >= 0.3 is 0 Å². The fourth-order valence-electron chi connectivity index (χ4n) is 3.31. The van der Waals surface area contributed by atoms with Crippen LogP contribution in [0.15, 0.2) is 30.7 Å². The van der Waals surface area contributed by atoms with E-state index >= 15 is 0 Å². The molecule has 10 nitrogen and oxygen atoms in total. The molecule has 1 aliphatic heterocycles. The van der Waals surface area contributed by atoms with Gasteiger partial charge in [-0.1, -0.05) is 0 Å². The molecule has 0 unspecified atom stereocenters. The lowest BCUT2D eigenvalue weighted by Gasteiger charge is -2.12. The molecule has 3 aromatic heterocycles. The number of nitrogens with zero attached hydrogens (tertiary/aromatic N) is 6. The minimum Gasteiger partial charge on any atom is -0.496 e. The molecule has 4 rings (SSSR count). The predicted molar refractivity (Wildman–Crippen MR) is 105 cm³/mol. The van der Waals surface area contributed by atoms with Crippen molar-refractivity contribution in [2.75, 3.05) is 26.2 Å². The monoisotopic (exact) mass is 406 g/mol. The Kier molecular flexibility index (Phi) is 4.93. The van der Waals surface area contributed by atoms with Gasteiger partial charge in [0, 0.05) is 24.0 Å². The van der Waals surface area contributed by atoms with Gasteiger partial charge in [-0.25, -0.2) is 9.97 Å². The molecule has 152 valence electrons. The van der Waals surface area contributed by atoms with Gasteiger partial charge in [-0.2, -0.15) is 10.4 Å². The number of rotatable bonds is 6. The first-order valence-corrected chi connectivity index (χ1v) is 8.97. The number of methoxy groups -OCH3 is 3. The van der Waals surface area contributed by atoms with Gasteiger partial charge in [-0.05, 0) is 6.07 Å². The second-order valence-electron chi connectivity index (χ2n) is 6.41. The lowest BCUT2D eigenvalue weighted by molar-refractivity contribution is 0.0994. The van der Waals surface area contributed by atoms with Crippen molar-refractivity contribution in [1.29, 1.82) is 5.26 Å². The molecule has 4 heterocycles. The van der Waals surface area contributed by atoms with Crippen LogP contribution in [0.5, 0.6) is 17.4 Å². The van der Waals surface area contributed by atoms with Gasteiger partial charge in [0.05, 0.1) is 57.2 Å². The predicted octanol–water partition coefficient (Wildman–Crippen LogP) is 2.05. The number of hydrogen-bond acceptors (Lipinski definition) is 8. The largest absolute Gasteiger partial charge is 0.496 e. The molecule has 0 N–H and O–H groups in total. The van der Waals surface area contributed by atoms with Gasteiger partial charge in [0.15, 0.2) is 5.75 Å². The number of aromatic nitrogens is 4. The van der Waals surface area contributed by atoms with Crippen molar-refractivity contribution in [3.05, 3.63) is 42.0 Å². The summed E-state index contributed by atoms with van der Waals surface area (Å²) in [6, 6.07) is 5.48. The maximum atomic E-state index is 13.0. The maximum Gasteiger partial charge on any atom is 0.264 e. The minimum atomic E-state index is -0.233. The molecule has 30 heavy (non-hydrogen) atoms. The van der Waals surface area contributed by atoms with Gasteiger partial charge in [0.1, 0.15) is 17.9 Å². The zero-order valence-electron chi connectivity index (χ0n) is 16.6. The molecule has 0 fully saturated rings. The summed E-state index contributed by atoms with van der Waals surface area (Å²) in [5.74, 6) is 1.02. The van der Waals surface area contributed by atoms with E-state index in [0.29, 0.717) is 45.6 Å². The molecule has 0 aliphatic carbocycles. The maximum absolute atomic E-state index is 13.0. The van der Waals surface area contributed by atoms with E-state index in [4.69, 9.17) is 19.5 Å². The van der Waals surface area contributed by atoms with Crippen LogP contribution in [0, 0.1) is 11.3 Å². The molecule has 0 radical (unpaired) electrons. The summed E-state index contributed by atoms with van der Waals surface area (Å²) in [4.78, 5) is 23.5. The Morgan fingerprint density at radius 1 is 1.13 bits per heavy atom. The summed E-state index contributed by atoms with van der Waals surface area (Å²) in [7, 11) is 4.55. The Balaban J connectivity index is 1.73. The van der Waals surface area contributed by atoms with Crippen molar-refractivity contribution in [1.82, 2.24) is 19.7 Å². The quantitative estimate of drug-likeness (QED) is 0.611. The van der Waals surface area contributed by atoms with Crippen molar-refractivity contribution in [3.8, 4) is 34.7 Å². The minimum absolute atomic E-state index is 0.104. The molecular formula is C20H18N6O4. The topological polar surface area (TPSA) is 115 Å². The van der Waals surface area contributed by atoms with Crippen molar-refractivity contribution < 1.29 is 19.0 Å². The molecule has 0 saturated carbocycles. The number of carbonyl (C=O) groups is 1. The highest BCUT2D eigenvalue weighted by Gasteiger charge is 2.34. The van der Waals surface area contributed by atoms with Gasteiger partial charge in [-0.3, -0.25) is 14.4 Å². The van der Waals surface area contributed by atoms with E-state index in [0.717, 1.165) is 0 Å². The standard InChI is InChI=1S/C20H18N6O4/c1-28-16-7-14(12-6-17(29-2)19(30-3)22-8-12)24-15-11-26(20(27)18(15)16)13-9-23-25(10-13)5-4-21/h6-10H,5,11H2,1-3H3. The first kappa shape index (κ1) is 19.2. The summed E-state index contributed by atoms with van der Waals surface area (Å²) in [5, 5.41) is 12.9. The Hall–Kier alpha value is -4.13. The highest BCUT2D eigenvalue weighted by molar-refractivity contribution is 6.11. The fourth-order valence-corrected chi connectivity index (χ4v) is 3.31. The van der Waals surface area contributed by atoms with Crippen LogP contribution in [-0.4, -0.2) is 47.0 Å². The zero-order chi connectivity index (χ0) is 21.3. The zero-order valence-corrected chi connectivity index (χ0v) is 16.6. The van der Waals surface area contributed by atoms with E-state index in [-0.39, 0.29) is 19.0 Å². The van der Waals surface area contributed by atoms with Crippen LogP contribution in [0.4, 0.5) is 5.69 Å². The molecular weight excluding hydrogens is 388 g/mol. The molecule has 10 heteroatoms. The van der Waals surface area contributed by atoms with Crippen LogP contribution in [0.25, 0.3) is 11.3 Å². The summed E-state index contributed by atoms with van der Waals surface area (Å²) >= 11 is 0. The van der Waals surface area contributed by atoms with E-state index in [1.165, 1.54) is 26.0 Å².